The van der Waals surface area contributed by atoms with E-state index in [1.165, 1.54) is 0 Å². The molecule has 27 heavy (non-hydrogen) atoms. The first-order valence-electron chi connectivity index (χ1n) is 8.72. The fourth-order valence-corrected chi connectivity index (χ4v) is 4.18. The Labute approximate surface area is 166 Å². The van der Waals surface area contributed by atoms with Crippen molar-refractivity contribution in [3.05, 3.63) is 64.2 Å². The van der Waals surface area contributed by atoms with E-state index >= 15 is 0 Å². The van der Waals surface area contributed by atoms with E-state index in [2.05, 4.69) is 11.4 Å². The number of nitrogens with one attached hydrogen (secondary N) is 1. The van der Waals surface area contributed by atoms with Crippen LogP contribution in [0, 0.1) is 13.8 Å². The lowest BCUT2D eigenvalue weighted by Crippen LogP contribution is -2.41. The Morgan fingerprint density at radius 1 is 1.19 bits per heavy atom. The number of carbonyl (C=O) groups is 1. The summed E-state index contributed by atoms with van der Waals surface area (Å²) in [6, 6.07) is 12.4. The largest absolute Gasteiger partial charge is 0.348 e. The highest BCUT2D eigenvalue weighted by molar-refractivity contribution is 7.92. The van der Waals surface area contributed by atoms with Gasteiger partial charge in [0.2, 0.25) is 15.9 Å². The van der Waals surface area contributed by atoms with Crippen LogP contribution in [0.2, 0.25) is 5.02 Å². The van der Waals surface area contributed by atoms with Gasteiger partial charge in [-0.1, -0.05) is 54.4 Å². The van der Waals surface area contributed by atoms with E-state index in [-0.39, 0.29) is 29.2 Å². The number of amides is 1. The van der Waals surface area contributed by atoms with Crippen LogP contribution in [0.4, 0.5) is 5.69 Å². The third kappa shape index (κ3) is 5.47. The Morgan fingerprint density at radius 2 is 1.85 bits per heavy atom. The third-order valence-corrected chi connectivity index (χ3v) is 5.80. The van der Waals surface area contributed by atoms with E-state index in [9.17, 15) is 13.2 Å². The third-order valence-electron chi connectivity index (χ3n) is 4.35. The molecule has 2 aromatic rings. The molecule has 0 radical (unpaired) electrons. The molecular formula is C20H25ClN2O3S. The van der Waals surface area contributed by atoms with Crippen LogP contribution in [-0.4, -0.2) is 27.1 Å². The van der Waals surface area contributed by atoms with Gasteiger partial charge in [0.25, 0.3) is 0 Å². The van der Waals surface area contributed by atoms with Gasteiger partial charge in [-0.25, -0.2) is 8.42 Å². The Bertz CT molecular complexity index is 929. The van der Waals surface area contributed by atoms with Gasteiger partial charge in [-0.2, -0.15) is 0 Å². The van der Waals surface area contributed by atoms with Crippen molar-refractivity contribution >= 4 is 33.2 Å². The van der Waals surface area contributed by atoms with Gasteiger partial charge in [-0.15, -0.1) is 0 Å². The molecule has 2 rings (SSSR count). The van der Waals surface area contributed by atoms with Crippen LogP contribution in [0.25, 0.3) is 0 Å². The van der Waals surface area contributed by atoms with Gasteiger partial charge in [-0.3, -0.25) is 9.10 Å². The van der Waals surface area contributed by atoms with Crippen molar-refractivity contribution in [3.8, 4) is 0 Å². The summed E-state index contributed by atoms with van der Waals surface area (Å²) < 4.78 is 25.5. The summed E-state index contributed by atoms with van der Waals surface area (Å²) in [6.07, 6.45) is 1.76. The number of benzene rings is 2. The van der Waals surface area contributed by atoms with Gasteiger partial charge in [0.1, 0.15) is 6.54 Å². The number of para-hydroxylation sites is 1. The van der Waals surface area contributed by atoms with Gasteiger partial charge in [0.15, 0.2) is 0 Å². The monoisotopic (exact) mass is 408 g/mol. The lowest BCUT2D eigenvalue weighted by molar-refractivity contribution is -0.120. The number of anilines is 1. The summed E-state index contributed by atoms with van der Waals surface area (Å²) in [5.41, 5.74) is 3.56. The van der Waals surface area contributed by atoms with Crippen molar-refractivity contribution < 1.29 is 13.2 Å². The number of hydrogen-bond acceptors (Lipinski definition) is 3. The summed E-state index contributed by atoms with van der Waals surface area (Å²) >= 11 is 6.14. The number of halogens is 1. The molecule has 7 heteroatoms. The van der Waals surface area contributed by atoms with Crippen LogP contribution >= 0.6 is 11.6 Å². The van der Waals surface area contributed by atoms with Crippen LogP contribution in [0.1, 0.15) is 36.1 Å². The molecule has 0 saturated carbocycles. The molecule has 0 unspecified atom stereocenters. The van der Waals surface area contributed by atoms with Crippen LogP contribution in [0.3, 0.4) is 0 Å². The minimum absolute atomic E-state index is 0.189. The molecule has 146 valence electrons. The van der Waals surface area contributed by atoms with Gasteiger partial charge >= 0.3 is 0 Å². The molecule has 0 saturated heterocycles. The Hall–Kier alpha value is -2.05. The zero-order chi connectivity index (χ0) is 20.2. The lowest BCUT2D eigenvalue weighted by atomic mass is 9.97. The molecule has 0 aromatic heterocycles. The van der Waals surface area contributed by atoms with E-state index in [1.54, 1.807) is 24.3 Å². The maximum atomic E-state index is 12.6. The fourth-order valence-electron chi connectivity index (χ4n) is 3.02. The summed E-state index contributed by atoms with van der Waals surface area (Å²) in [7, 11) is -3.67. The standard InChI is InChI=1S/C20H25ClN2O3S/c1-5-18(16-11-10-14(2)12-15(16)3)22-20(24)13-23(27(4,25)26)19-9-7-6-8-17(19)21/h6-12,18H,5,13H2,1-4H3,(H,22,24)/t18-/m1/s1. The number of aryl methyl sites for hydroxylation is 2. The van der Waals surface area contributed by atoms with Crippen molar-refractivity contribution in [3.63, 3.8) is 0 Å². The van der Waals surface area contributed by atoms with Gasteiger partial charge < -0.3 is 5.32 Å². The van der Waals surface area contributed by atoms with Crippen LogP contribution in [0.15, 0.2) is 42.5 Å². The SMILES string of the molecule is CC[C@@H](NC(=O)CN(c1ccccc1Cl)S(C)(=O)=O)c1ccc(C)cc1C. The molecule has 0 aliphatic carbocycles. The molecule has 0 aliphatic rings. The van der Waals surface area contributed by atoms with E-state index in [0.29, 0.717) is 6.42 Å². The van der Waals surface area contributed by atoms with Crippen LogP contribution in [-0.2, 0) is 14.8 Å². The van der Waals surface area contributed by atoms with Crippen LogP contribution in [0.5, 0.6) is 0 Å². The molecule has 5 nitrogen and oxygen atoms in total. The average molecular weight is 409 g/mol. The minimum Gasteiger partial charge on any atom is -0.348 e. The van der Waals surface area contributed by atoms with E-state index in [4.69, 9.17) is 11.6 Å². The Kier molecular flexibility index (Phi) is 6.89. The number of hydrogen-bond donors (Lipinski definition) is 1. The first kappa shape index (κ1) is 21.3. The fraction of sp³-hybridized carbons (Fsp3) is 0.350. The smallest absolute Gasteiger partial charge is 0.241 e. The number of nitrogens with zero attached hydrogens (tertiary/aromatic N) is 1. The molecule has 1 N–H and O–H groups in total. The van der Waals surface area contributed by atoms with E-state index < -0.39 is 10.0 Å². The second-order valence-corrected chi connectivity index (χ2v) is 8.92. The molecular weight excluding hydrogens is 384 g/mol. The summed E-state index contributed by atoms with van der Waals surface area (Å²) in [6.45, 7) is 5.67. The number of carbonyl (C=O) groups excluding carboxylic acids is 1. The summed E-state index contributed by atoms with van der Waals surface area (Å²) in [4.78, 5) is 12.6. The second-order valence-electron chi connectivity index (χ2n) is 6.61. The highest BCUT2D eigenvalue weighted by Gasteiger charge is 2.24. The molecule has 1 amide bonds. The molecule has 0 fully saturated rings. The van der Waals surface area contributed by atoms with Gasteiger partial charge in [0.05, 0.1) is 23.0 Å². The Balaban J connectivity index is 2.23. The van der Waals surface area contributed by atoms with Gasteiger partial charge in [-0.05, 0) is 43.5 Å². The first-order valence-corrected chi connectivity index (χ1v) is 10.9. The summed E-state index contributed by atoms with van der Waals surface area (Å²) in [5.74, 6) is -0.382. The number of sulfonamides is 1. The Morgan fingerprint density at radius 3 is 2.41 bits per heavy atom. The first-order chi connectivity index (χ1) is 12.6. The maximum absolute atomic E-state index is 12.6. The highest BCUT2D eigenvalue weighted by Crippen LogP contribution is 2.27. The maximum Gasteiger partial charge on any atom is 0.241 e. The molecule has 0 heterocycles. The summed E-state index contributed by atoms with van der Waals surface area (Å²) in [5, 5.41) is 3.22. The molecule has 0 bridgehead atoms. The van der Waals surface area contributed by atoms with Gasteiger partial charge in [0, 0.05) is 0 Å². The predicted octanol–water partition coefficient (Wildman–Crippen LogP) is 3.99. The highest BCUT2D eigenvalue weighted by atomic mass is 35.5. The zero-order valence-electron chi connectivity index (χ0n) is 16.0. The molecule has 2 aromatic carbocycles. The molecule has 0 spiro atoms. The van der Waals surface area contributed by atoms with E-state index in [1.807, 2.05) is 32.9 Å². The molecule has 0 aliphatic heterocycles. The topological polar surface area (TPSA) is 66.5 Å². The number of rotatable bonds is 7. The van der Waals surface area contributed by atoms with E-state index in [0.717, 1.165) is 27.3 Å². The molecule has 1 atom stereocenters. The second kappa shape index (κ2) is 8.76. The average Bonchev–Trinajstić information content (AvgIpc) is 2.58. The lowest BCUT2D eigenvalue weighted by Gasteiger charge is -2.25. The minimum atomic E-state index is -3.67. The zero-order valence-corrected chi connectivity index (χ0v) is 17.6. The van der Waals surface area contributed by atoms with Crippen molar-refractivity contribution in [2.45, 2.75) is 33.2 Å². The van der Waals surface area contributed by atoms with Crippen molar-refractivity contribution in [2.75, 3.05) is 17.1 Å². The van der Waals surface area contributed by atoms with Crippen molar-refractivity contribution in [1.29, 1.82) is 0 Å². The van der Waals surface area contributed by atoms with Crippen LogP contribution < -0.4 is 9.62 Å². The normalized spacial score (nSPS) is 12.5. The van der Waals surface area contributed by atoms with Crippen molar-refractivity contribution in [2.24, 2.45) is 0 Å². The van der Waals surface area contributed by atoms with Crippen molar-refractivity contribution in [1.82, 2.24) is 5.32 Å². The predicted molar refractivity (Wildman–Crippen MR) is 111 cm³/mol. The quantitative estimate of drug-likeness (QED) is 0.753.